The molecule has 0 amide bonds. The Hall–Kier alpha value is -0.770. The van der Waals surface area contributed by atoms with Gasteiger partial charge in [0, 0.05) is 6.92 Å². The Balaban J connectivity index is 0. The van der Waals surface area contributed by atoms with Crippen molar-refractivity contribution in [3.05, 3.63) is 0 Å². The number of halogens is 1. The fraction of sp³-hybridized carbons (Fsp3) is 0.714. The third-order valence-electron chi connectivity index (χ3n) is 0.810. The van der Waals surface area contributed by atoms with Crippen LogP contribution in [0.1, 0.15) is 26.7 Å². The van der Waals surface area contributed by atoms with Crippen molar-refractivity contribution in [3.63, 3.8) is 0 Å². The fourth-order valence-electron chi connectivity index (χ4n) is 0.377. The largest absolute Gasteiger partial charge is 0.481 e. The number of carboxylic acid groups (broad SMARTS) is 2. The highest BCUT2D eigenvalue weighted by Crippen LogP contribution is 2.03. The van der Waals surface area contributed by atoms with Gasteiger partial charge in [0.25, 0.3) is 5.97 Å². The quantitative estimate of drug-likeness (QED) is 0.672. The van der Waals surface area contributed by atoms with Gasteiger partial charge in [0.1, 0.15) is 5.38 Å². The summed E-state index contributed by atoms with van der Waals surface area (Å²) in [6, 6.07) is 0. The second-order valence-corrected chi connectivity index (χ2v) is 2.64. The molecule has 0 saturated heterocycles. The molecule has 0 aliphatic heterocycles. The van der Waals surface area contributed by atoms with Gasteiger partial charge in [-0.3, -0.25) is 9.59 Å². The number of hydrogen-bond donors (Lipinski definition) is 2. The zero-order chi connectivity index (χ0) is 10.1. The van der Waals surface area contributed by atoms with Gasteiger partial charge in [0.15, 0.2) is 0 Å². The third kappa shape index (κ3) is 16.1. The molecule has 0 aromatic carbocycles. The predicted octanol–water partition coefficient (Wildman–Crippen LogP) is 1.57. The monoisotopic (exact) mass is 196 g/mol. The van der Waals surface area contributed by atoms with Crippen LogP contribution in [0.15, 0.2) is 0 Å². The lowest BCUT2D eigenvalue weighted by Gasteiger charge is -1.97. The highest BCUT2D eigenvalue weighted by Gasteiger charge is 2.10. The van der Waals surface area contributed by atoms with Crippen molar-refractivity contribution in [1.29, 1.82) is 0 Å². The molecular weight excluding hydrogens is 184 g/mol. The van der Waals surface area contributed by atoms with Gasteiger partial charge < -0.3 is 10.2 Å². The molecule has 0 spiro atoms. The van der Waals surface area contributed by atoms with E-state index in [1.165, 1.54) is 0 Å². The van der Waals surface area contributed by atoms with Crippen LogP contribution in [0.4, 0.5) is 0 Å². The summed E-state index contributed by atoms with van der Waals surface area (Å²) in [7, 11) is 0. The zero-order valence-electron chi connectivity index (χ0n) is 7.08. The second kappa shape index (κ2) is 8.33. The van der Waals surface area contributed by atoms with Gasteiger partial charge in [0.2, 0.25) is 0 Å². The molecule has 4 nitrogen and oxygen atoms in total. The Bertz CT molecular complexity index is 142. The van der Waals surface area contributed by atoms with Crippen LogP contribution in [0.3, 0.4) is 0 Å². The minimum Gasteiger partial charge on any atom is -0.481 e. The van der Waals surface area contributed by atoms with Crippen LogP contribution in [0, 0.1) is 0 Å². The molecule has 0 fully saturated rings. The van der Waals surface area contributed by atoms with E-state index in [0.29, 0.717) is 6.42 Å². The smallest absolute Gasteiger partial charge is 0.321 e. The molecule has 2 N–H and O–H groups in total. The average molecular weight is 197 g/mol. The Morgan fingerprint density at radius 3 is 1.83 bits per heavy atom. The van der Waals surface area contributed by atoms with Crippen LogP contribution in [-0.2, 0) is 9.59 Å². The summed E-state index contributed by atoms with van der Waals surface area (Å²) in [5.74, 6) is -1.76. The summed E-state index contributed by atoms with van der Waals surface area (Å²) in [5, 5.41) is 14.9. The molecule has 0 rings (SSSR count). The molecule has 0 saturated carbocycles. The van der Waals surface area contributed by atoms with Crippen molar-refractivity contribution < 1.29 is 19.8 Å². The van der Waals surface area contributed by atoms with Crippen molar-refractivity contribution in [1.82, 2.24) is 0 Å². The topological polar surface area (TPSA) is 74.6 Å². The summed E-state index contributed by atoms with van der Waals surface area (Å²) in [6.07, 6.45) is 1.37. The summed E-state index contributed by atoms with van der Waals surface area (Å²) in [5.41, 5.74) is 0. The molecule has 72 valence electrons. The molecule has 0 bridgehead atoms. The van der Waals surface area contributed by atoms with Gasteiger partial charge in [-0.15, -0.1) is 11.6 Å². The maximum absolute atomic E-state index is 9.96. The Labute approximate surface area is 76.1 Å². The van der Waals surface area contributed by atoms with E-state index in [0.717, 1.165) is 13.3 Å². The van der Waals surface area contributed by atoms with Crippen molar-refractivity contribution in [2.75, 3.05) is 0 Å². The maximum atomic E-state index is 9.96. The van der Waals surface area contributed by atoms with Gasteiger partial charge in [-0.05, 0) is 6.42 Å². The normalized spacial score (nSPS) is 10.9. The lowest BCUT2D eigenvalue weighted by molar-refractivity contribution is -0.137. The minimum absolute atomic E-state index is 0.552. The Morgan fingerprint density at radius 1 is 1.42 bits per heavy atom. The summed E-state index contributed by atoms with van der Waals surface area (Å²) in [4.78, 5) is 19.0. The number of rotatable bonds is 3. The molecule has 0 aromatic heterocycles. The summed E-state index contributed by atoms with van der Waals surface area (Å²) < 4.78 is 0. The third-order valence-corrected chi connectivity index (χ3v) is 1.21. The molecule has 0 heterocycles. The van der Waals surface area contributed by atoms with Crippen LogP contribution in [-0.4, -0.2) is 27.5 Å². The molecule has 12 heavy (non-hydrogen) atoms. The average Bonchev–Trinajstić information content (AvgIpc) is 1.86. The highest BCUT2D eigenvalue weighted by atomic mass is 35.5. The van der Waals surface area contributed by atoms with E-state index in [4.69, 9.17) is 26.6 Å². The molecule has 0 aliphatic rings. The first-order chi connectivity index (χ1) is 5.41. The van der Waals surface area contributed by atoms with E-state index in [1.54, 1.807) is 0 Å². The number of carboxylic acids is 2. The first kappa shape index (κ1) is 13.8. The zero-order valence-corrected chi connectivity index (χ0v) is 7.84. The van der Waals surface area contributed by atoms with Crippen molar-refractivity contribution in [2.45, 2.75) is 32.1 Å². The van der Waals surface area contributed by atoms with E-state index in [9.17, 15) is 4.79 Å². The van der Waals surface area contributed by atoms with Crippen molar-refractivity contribution in [2.24, 2.45) is 0 Å². The number of hydrogen-bond acceptors (Lipinski definition) is 2. The van der Waals surface area contributed by atoms with Crippen LogP contribution in [0.2, 0.25) is 0 Å². The van der Waals surface area contributed by atoms with Crippen LogP contribution >= 0.6 is 11.6 Å². The van der Waals surface area contributed by atoms with Gasteiger partial charge in [-0.25, -0.2) is 0 Å². The first-order valence-corrected chi connectivity index (χ1v) is 3.91. The van der Waals surface area contributed by atoms with Gasteiger partial charge in [-0.1, -0.05) is 13.3 Å². The van der Waals surface area contributed by atoms with E-state index in [-0.39, 0.29) is 0 Å². The second-order valence-electron chi connectivity index (χ2n) is 2.11. The maximum Gasteiger partial charge on any atom is 0.321 e. The van der Waals surface area contributed by atoms with E-state index in [2.05, 4.69) is 0 Å². The molecule has 1 unspecified atom stereocenters. The van der Waals surface area contributed by atoms with Crippen molar-refractivity contribution in [3.8, 4) is 0 Å². The summed E-state index contributed by atoms with van der Waals surface area (Å²) in [6.45, 7) is 2.98. The number of carbonyl (C=O) groups is 2. The van der Waals surface area contributed by atoms with E-state index >= 15 is 0 Å². The SMILES string of the molecule is CC(=O)O.CCCC(Cl)C(=O)O. The van der Waals surface area contributed by atoms with Gasteiger partial charge in [-0.2, -0.15) is 0 Å². The Morgan fingerprint density at radius 2 is 1.75 bits per heavy atom. The minimum atomic E-state index is -0.923. The number of alkyl halides is 1. The van der Waals surface area contributed by atoms with Crippen molar-refractivity contribution >= 4 is 23.5 Å². The van der Waals surface area contributed by atoms with Crippen LogP contribution in [0.5, 0.6) is 0 Å². The first-order valence-electron chi connectivity index (χ1n) is 3.48. The van der Waals surface area contributed by atoms with Gasteiger partial charge >= 0.3 is 5.97 Å². The number of aliphatic carboxylic acids is 2. The lowest BCUT2D eigenvalue weighted by Crippen LogP contribution is -2.11. The molecule has 1 atom stereocenters. The van der Waals surface area contributed by atoms with Crippen LogP contribution in [0.25, 0.3) is 0 Å². The molecule has 0 radical (unpaired) electrons. The molecule has 5 heteroatoms. The molecule has 0 aliphatic carbocycles. The van der Waals surface area contributed by atoms with Crippen LogP contribution < -0.4 is 0 Å². The lowest BCUT2D eigenvalue weighted by atomic mass is 10.2. The van der Waals surface area contributed by atoms with E-state index < -0.39 is 17.3 Å². The predicted molar refractivity (Wildman–Crippen MR) is 45.5 cm³/mol. The van der Waals surface area contributed by atoms with E-state index in [1.807, 2.05) is 6.92 Å². The molecule has 0 aromatic rings. The fourth-order valence-corrected chi connectivity index (χ4v) is 0.595. The molecular formula is C7H13ClO4. The summed E-state index contributed by atoms with van der Waals surface area (Å²) >= 11 is 5.32. The Kier molecular flexibility index (Phi) is 9.57. The highest BCUT2D eigenvalue weighted by molar-refractivity contribution is 6.29. The standard InChI is InChI=1S/C5H9ClO2.C2H4O2/c1-2-3-4(6)5(7)8;1-2(3)4/h4H,2-3H2,1H3,(H,7,8);1H3,(H,3,4). The van der Waals surface area contributed by atoms with Gasteiger partial charge in [0.05, 0.1) is 0 Å².